The van der Waals surface area contributed by atoms with Crippen LogP contribution in [0.1, 0.15) is 18.6 Å². The predicted molar refractivity (Wildman–Crippen MR) is 82.3 cm³/mol. The smallest absolute Gasteiger partial charge is 0.125 e. The van der Waals surface area contributed by atoms with E-state index < -0.39 is 6.10 Å². The molecule has 108 valence electrons. The maximum absolute atomic E-state index is 10.5. The van der Waals surface area contributed by atoms with Crippen molar-refractivity contribution in [3.63, 3.8) is 0 Å². The number of aromatic nitrogens is 2. The third-order valence-corrected chi connectivity index (χ3v) is 3.47. The standard InChI is InChI=1S/C17H18N2O2/c1-2-21-17-10-6-3-7-13(17)16(20)11-19-12-18-14-8-4-5-9-15(14)19/h3-10,12,16,20H,2,11H2,1H3. The monoisotopic (exact) mass is 282 g/mol. The molecule has 0 aliphatic heterocycles. The third kappa shape index (κ3) is 2.76. The van der Waals surface area contributed by atoms with Crippen LogP contribution in [-0.4, -0.2) is 21.3 Å². The Kier molecular flexibility index (Phi) is 3.88. The first-order valence-electron chi connectivity index (χ1n) is 7.09. The number of ether oxygens (including phenoxy) is 1. The van der Waals surface area contributed by atoms with Crippen LogP contribution in [0.3, 0.4) is 0 Å². The van der Waals surface area contributed by atoms with Crippen molar-refractivity contribution >= 4 is 11.0 Å². The summed E-state index contributed by atoms with van der Waals surface area (Å²) < 4.78 is 7.54. The third-order valence-electron chi connectivity index (χ3n) is 3.47. The zero-order valence-electron chi connectivity index (χ0n) is 11.9. The summed E-state index contributed by atoms with van der Waals surface area (Å²) in [7, 11) is 0. The van der Waals surface area contributed by atoms with Gasteiger partial charge < -0.3 is 14.4 Å². The van der Waals surface area contributed by atoms with Crippen molar-refractivity contribution in [1.82, 2.24) is 9.55 Å². The number of imidazole rings is 1. The van der Waals surface area contributed by atoms with Gasteiger partial charge in [-0.25, -0.2) is 4.98 Å². The molecule has 1 heterocycles. The van der Waals surface area contributed by atoms with Gasteiger partial charge in [0.05, 0.1) is 30.5 Å². The average Bonchev–Trinajstić information content (AvgIpc) is 2.91. The Morgan fingerprint density at radius 2 is 1.90 bits per heavy atom. The lowest BCUT2D eigenvalue weighted by Crippen LogP contribution is -2.09. The Labute approximate surface area is 123 Å². The van der Waals surface area contributed by atoms with Crippen molar-refractivity contribution in [3.05, 3.63) is 60.4 Å². The molecule has 0 bridgehead atoms. The Balaban J connectivity index is 1.88. The number of benzene rings is 2. The number of aliphatic hydroxyl groups excluding tert-OH is 1. The van der Waals surface area contributed by atoms with E-state index in [9.17, 15) is 5.11 Å². The predicted octanol–water partition coefficient (Wildman–Crippen LogP) is 3.17. The Bertz CT molecular complexity index is 736. The Hall–Kier alpha value is -2.33. The highest BCUT2D eigenvalue weighted by Crippen LogP contribution is 2.27. The van der Waals surface area contributed by atoms with E-state index in [4.69, 9.17) is 4.74 Å². The van der Waals surface area contributed by atoms with Crippen LogP contribution in [0.5, 0.6) is 5.75 Å². The van der Waals surface area contributed by atoms with Gasteiger partial charge in [0, 0.05) is 5.56 Å². The minimum Gasteiger partial charge on any atom is -0.493 e. The number of para-hydroxylation sites is 3. The molecule has 0 spiro atoms. The van der Waals surface area contributed by atoms with Crippen LogP contribution in [0.15, 0.2) is 54.9 Å². The van der Waals surface area contributed by atoms with Gasteiger partial charge in [-0.15, -0.1) is 0 Å². The van der Waals surface area contributed by atoms with E-state index in [-0.39, 0.29) is 0 Å². The zero-order valence-corrected chi connectivity index (χ0v) is 11.9. The molecule has 4 nitrogen and oxygen atoms in total. The molecule has 0 saturated heterocycles. The molecule has 0 fully saturated rings. The molecule has 0 amide bonds. The lowest BCUT2D eigenvalue weighted by Gasteiger charge is -2.16. The summed E-state index contributed by atoms with van der Waals surface area (Å²) in [6.45, 7) is 2.97. The lowest BCUT2D eigenvalue weighted by molar-refractivity contribution is 0.152. The molecule has 0 saturated carbocycles. The van der Waals surface area contributed by atoms with Gasteiger partial charge in [-0.3, -0.25) is 0 Å². The summed E-state index contributed by atoms with van der Waals surface area (Å²) in [5, 5.41) is 10.5. The van der Waals surface area contributed by atoms with E-state index in [2.05, 4.69) is 4.98 Å². The molecule has 3 rings (SSSR count). The fourth-order valence-corrected chi connectivity index (χ4v) is 2.48. The van der Waals surface area contributed by atoms with Crippen molar-refractivity contribution in [1.29, 1.82) is 0 Å². The highest BCUT2D eigenvalue weighted by molar-refractivity contribution is 5.74. The second kappa shape index (κ2) is 5.97. The van der Waals surface area contributed by atoms with E-state index in [1.54, 1.807) is 6.33 Å². The van der Waals surface area contributed by atoms with Crippen LogP contribution in [0, 0.1) is 0 Å². The van der Waals surface area contributed by atoms with Gasteiger partial charge in [0.2, 0.25) is 0 Å². The Morgan fingerprint density at radius 3 is 2.76 bits per heavy atom. The molecule has 1 aromatic heterocycles. The molecular formula is C17H18N2O2. The second-order valence-electron chi connectivity index (χ2n) is 4.87. The fraction of sp³-hybridized carbons (Fsp3) is 0.235. The Morgan fingerprint density at radius 1 is 1.14 bits per heavy atom. The average molecular weight is 282 g/mol. The summed E-state index contributed by atoms with van der Waals surface area (Å²) >= 11 is 0. The summed E-state index contributed by atoms with van der Waals surface area (Å²) in [5.41, 5.74) is 2.75. The molecule has 0 aliphatic carbocycles. The highest BCUT2D eigenvalue weighted by Gasteiger charge is 2.14. The minimum absolute atomic E-state index is 0.449. The van der Waals surface area contributed by atoms with E-state index in [1.807, 2.05) is 60.0 Å². The highest BCUT2D eigenvalue weighted by atomic mass is 16.5. The molecule has 2 aromatic carbocycles. The largest absolute Gasteiger partial charge is 0.493 e. The van der Waals surface area contributed by atoms with Gasteiger partial charge in [-0.1, -0.05) is 30.3 Å². The van der Waals surface area contributed by atoms with Gasteiger partial charge in [-0.05, 0) is 25.1 Å². The molecule has 1 N–H and O–H groups in total. The molecule has 0 radical (unpaired) electrons. The van der Waals surface area contributed by atoms with Crippen LogP contribution in [0.25, 0.3) is 11.0 Å². The van der Waals surface area contributed by atoms with Crippen LogP contribution in [0.2, 0.25) is 0 Å². The summed E-state index contributed by atoms with van der Waals surface area (Å²) in [4.78, 5) is 4.34. The summed E-state index contributed by atoms with van der Waals surface area (Å²) in [5.74, 6) is 0.733. The number of nitrogens with zero attached hydrogens (tertiary/aromatic N) is 2. The first kappa shape index (κ1) is 13.6. The van der Waals surface area contributed by atoms with Crippen LogP contribution in [0.4, 0.5) is 0 Å². The second-order valence-corrected chi connectivity index (χ2v) is 4.87. The van der Waals surface area contributed by atoms with Gasteiger partial charge in [0.1, 0.15) is 11.9 Å². The minimum atomic E-state index is -0.634. The molecule has 4 heteroatoms. The maximum Gasteiger partial charge on any atom is 0.125 e. The fourth-order valence-electron chi connectivity index (χ4n) is 2.48. The van der Waals surface area contributed by atoms with Gasteiger partial charge in [0.15, 0.2) is 0 Å². The van der Waals surface area contributed by atoms with Crippen molar-refractivity contribution in [2.45, 2.75) is 19.6 Å². The number of hydrogen-bond donors (Lipinski definition) is 1. The molecule has 3 aromatic rings. The zero-order chi connectivity index (χ0) is 14.7. The number of hydrogen-bond acceptors (Lipinski definition) is 3. The van der Waals surface area contributed by atoms with Crippen LogP contribution >= 0.6 is 0 Å². The number of aliphatic hydroxyl groups is 1. The first-order chi connectivity index (χ1) is 10.3. The molecule has 1 unspecified atom stereocenters. The van der Waals surface area contributed by atoms with Crippen molar-refractivity contribution < 1.29 is 9.84 Å². The normalized spacial score (nSPS) is 12.5. The van der Waals surface area contributed by atoms with E-state index in [0.29, 0.717) is 13.2 Å². The van der Waals surface area contributed by atoms with Crippen LogP contribution in [-0.2, 0) is 6.54 Å². The van der Waals surface area contributed by atoms with Crippen molar-refractivity contribution in [3.8, 4) is 5.75 Å². The molecule has 21 heavy (non-hydrogen) atoms. The van der Waals surface area contributed by atoms with E-state index in [1.165, 1.54) is 0 Å². The molecule has 1 atom stereocenters. The van der Waals surface area contributed by atoms with Gasteiger partial charge >= 0.3 is 0 Å². The quantitative estimate of drug-likeness (QED) is 0.782. The number of fused-ring (bicyclic) bond motifs is 1. The first-order valence-corrected chi connectivity index (χ1v) is 7.09. The van der Waals surface area contributed by atoms with Gasteiger partial charge in [-0.2, -0.15) is 0 Å². The maximum atomic E-state index is 10.5. The van der Waals surface area contributed by atoms with Crippen LogP contribution < -0.4 is 4.74 Å². The SMILES string of the molecule is CCOc1ccccc1C(O)Cn1cnc2ccccc21. The van der Waals surface area contributed by atoms with Crippen molar-refractivity contribution in [2.75, 3.05) is 6.61 Å². The van der Waals surface area contributed by atoms with E-state index in [0.717, 1.165) is 22.3 Å². The van der Waals surface area contributed by atoms with Gasteiger partial charge in [0.25, 0.3) is 0 Å². The van der Waals surface area contributed by atoms with E-state index >= 15 is 0 Å². The van der Waals surface area contributed by atoms with Crippen molar-refractivity contribution in [2.24, 2.45) is 0 Å². The lowest BCUT2D eigenvalue weighted by atomic mass is 10.1. The molecular weight excluding hydrogens is 264 g/mol. The summed E-state index contributed by atoms with van der Waals surface area (Å²) in [6, 6.07) is 15.5. The summed E-state index contributed by atoms with van der Waals surface area (Å²) in [6.07, 6.45) is 1.13. The topological polar surface area (TPSA) is 47.3 Å². The molecule has 0 aliphatic rings. The number of rotatable bonds is 5.